The number of anilines is 2. The number of carbonyl (C=O) groups excluding carboxylic acids is 1. The highest BCUT2D eigenvalue weighted by atomic mass is 16.1. The van der Waals surface area contributed by atoms with Crippen LogP contribution in [0.2, 0.25) is 0 Å². The van der Waals surface area contributed by atoms with E-state index in [0.29, 0.717) is 18.9 Å². The van der Waals surface area contributed by atoms with Crippen LogP contribution in [0.1, 0.15) is 44.6 Å². The number of carbonyl (C=O) groups is 1. The Labute approximate surface area is 167 Å². The predicted octanol–water partition coefficient (Wildman–Crippen LogP) is 3.01. The maximum absolute atomic E-state index is 12.1. The zero-order valence-electron chi connectivity index (χ0n) is 16.6. The lowest BCUT2D eigenvalue weighted by atomic mass is 9.92. The second-order valence-electron chi connectivity index (χ2n) is 7.30. The predicted molar refractivity (Wildman–Crippen MR) is 111 cm³/mol. The fourth-order valence-electron chi connectivity index (χ4n) is 3.45. The average Bonchev–Trinajstić information content (AvgIpc) is 2.76. The lowest BCUT2D eigenvalue weighted by molar-refractivity contribution is -0.121. The van der Waals surface area contributed by atoms with Crippen LogP contribution >= 0.6 is 0 Å². The second kappa shape index (κ2) is 10.6. The molecule has 1 amide bonds. The Morgan fingerprint density at radius 3 is 2.89 bits per heavy atom. The van der Waals surface area contributed by atoms with Crippen LogP contribution in [0, 0.1) is 5.92 Å². The van der Waals surface area contributed by atoms with E-state index in [1.807, 2.05) is 18.2 Å². The summed E-state index contributed by atoms with van der Waals surface area (Å²) in [6.07, 6.45) is 9.94. The molecule has 2 aromatic heterocycles. The molecule has 28 heavy (non-hydrogen) atoms. The minimum Gasteiger partial charge on any atom is -0.370 e. The maximum atomic E-state index is 12.1. The summed E-state index contributed by atoms with van der Waals surface area (Å²) in [6.45, 7) is 5.56. The number of pyridine rings is 1. The molecule has 0 atom stereocenters. The molecule has 7 nitrogen and oxygen atoms in total. The molecular formula is C21H30N6O. The van der Waals surface area contributed by atoms with Gasteiger partial charge in [-0.3, -0.25) is 9.78 Å². The molecule has 3 rings (SSSR count). The molecule has 1 fully saturated rings. The first-order valence-corrected chi connectivity index (χ1v) is 10.2. The summed E-state index contributed by atoms with van der Waals surface area (Å²) in [5, 5.41) is 6.30. The Morgan fingerprint density at radius 2 is 2.14 bits per heavy atom. The number of hydrogen-bond acceptors (Lipinski definition) is 6. The van der Waals surface area contributed by atoms with Crippen molar-refractivity contribution >= 4 is 17.5 Å². The van der Waals surface area contributed by atoms with Crippen LogP contribution in [0.4, 0.5) is 11.6 Å². The number of piperidine rings is 1. The maximum Gasteiger partial charge on any atom is 0.220 e. The zero-order valence-corrected chi connectivity index (χ0v) is 16.6. The highest BCUT2D eigenvalue weighted by Crippen LogP contribution is 2.25. The summed E-state index contributed by atoms with van der Waals surface area (Å²) in [5.41, 5.74) is 1.03. The Hall–Kier alpha value is -2.70. The van der Waals surface area contributed by atoms with E-state index in [1.54, 1.807) is 18.7 Å². The normalized spacial score (nSPS) is 14.7. The Morgan fingerprint density at radius 1 is 1.29 bits per heavy atom. The number of hydrogen-bond donors (Lipinski definition) is 2. The molecule has 0 aliphatic carbocycles. The Bertz CT molecular complexity index is 731. The van der Waals surface area contributed by atoms with Gasteiger partial charge in [0.2, 0.25) is 5.91 Å². The molecular weight excluding hydrogens is 352 g/mol. The molecule has 2 aromatic rings. The second-order valence-corrected chi connectivity index (χ2v) is 7.30. The molecule has 0 radical (unpaired) electrons. The van der Waals surface area contributed by atoms with E-state index in [1.165, 1.54) is 0 Å². The van der Waals surface area contributed by atoms with Gasteiger partial charge in [0.25, 0.3) is 0 Å². The molecule has 1 saturated heterocycles. The third-order valence-electron chi connectivity index (χ3n) is 5.14. The molecule has 0 bridgehead atoms. The van der Waals surface area contributed by atoms with Crippen LogP contribution in [0.5, 0.6) is 0 Å². The molecule has 0 spiro atoms. The number of aromatic nitrogens is 3. The SMILES string of the molecule is CCCNc1cc(N2CCC(CCC(=O)NCc3cccnc3)CC2)ncn1. The summed E-state index contributed by atoms with van der Waals surface area (Å²) in [7, 11) is 0. The van der Waals surface area contributed by atoms with Gasteiger partial charge in [-0.2, -0.15) is 0 Å². The fourth-order valence-corrected chi connectivity index (χ4v) is 3.45. The lowest BCUT2D eigenvalue weighted by Gasteiger charge is -2.32. The van der Waals surface area contributed by atoms with Crippen molar-refractivity contribution in [1.82, 2.24) is 20.3 Å². The molecule has 150 valence electrons. The first-order valence-electron chi connectivity index (χ1n) is 10.2. The summed E-state index contributed by atoms with van der Waals surface area (Å²) < 4.78 is 0. The van der Waals surface area contributed by atoms with Crippen LogP contribution in [0.3, 0.4) is 0 Å². The van der Waals surface area contributed by atoms with Crippen LogP contribution < -0.4 is 15.5 Å². The zero-order chi connectivity index (χ0) is 19.6. The molecule has 1 aliphatic heterocycles. The topological polar surface area (TPSA) is 83.0 Å². The van der Waals surface area contributed by atoms with Crippen molar-refractivity contribution in [3.63, 3.8) is 0 Å². The first kappa shape index (κ1) is 20.0. The molecule has 1 aliphatic rings. The standard InChI is InChI=1S/C21H30N6O/c1-2-9-23-19-13-20(26-16-25-19)27-11-7-17(8-12-27)5-6-21(28)24-15-18-4-3-10-22-14-18/h3-4,10,13-14,16-17H,2,5-9,11-12,15H2,1H3,(H,24,28)(H,23,25,26). The number of amides is 1. The minimum absolute atomic E-state index is 0.119. The Kier molecular flexibility index (Phi) is 7.58. The van der Waals surface area contributed by atoms with Gasteiger partial charge in [0, 0.05) is 51.1 Å². The van der Waals surface area contributed by atoms with E-state index in [9.17, 15) is 4.79 Å². The van der Waals surface area contributed by atoms with Crippen molar-refractivity contribution in [3.8, 4) is 0 Å². The van der Waals surface area contributed by atoms with E-state index in [2.05, 4.69) is 37.4 Å². The molecule has 3 heterocycles. The monoisotopic (exact) mass is 382 g/mol. The van der Waals surface area contributed by atoms with Crippen molar-refractivity contribution in [1.29, 1.82) is 0 Å². The van der Waals surface area contributed by atoms with Crippen LogP contribution in [0.15, 0.2) is 36.9 Å². The van der Waals surface area contributed by atoms with Gasteiger partial charge in [-0.25, -0.2) is 9.97 Å². The van der Waals surface area contributed by atoms with Gasteiger partial charge in [0.05, 0.1) is 0 Å². The van der Waals surface area contributed by atoms with E-state index in [-0.39, 0.29) is 5.91 Å². The van der Waals surface area contributed by atoms with Gasteiger partial charge in [-0.1, -0.05) is 13.0 Å². The molecule has 0 aromatic carbocycles. The largest absolute Gasteiger partial charge is 0.370 e. The summed E-state index contributed by atoms with van der Waals surface area (Å²) in [5.74, 6) is 2.59. The van der Waals surface area contributed by atoms with Crippen LogP contribution in [0.25, 0.3) is 0 Å². The van der Waals surface area contributed by atoms with Crippen molar-refractivity contribution in [2.24, 2.45) is 5.92 Å². The summed E-state index contributed by atoms with van der Waals surface area (Å²) in [6, 6.07) is 5.89. The molecule has 2 N–H and O–H groups in total. The van der Waals surface area contributed by atoms with Gasteiger partial charge in [-0.15, -0.1) is 0 Å². The highest BCUT2D eigenvalue weighted by molar-refractivity contribution is 5.75. The van der Waals surface area contributed by atoms with Crippen LogP contribution in [-0.4, -0.2) is 40.5 Å². The van der Waals surface area contributed by atoms with Crippen molar-refractivity contribution in [2.45, 2.75) is 45.6 Å². The minimum atomic E-state index is 0.119. The number of rotatable bonds is 9. The van der Waals surface area contributed by atoms with Gasteiger partial charge < -0.3 is 15.5 Å². The summed E-state index contributed by atoms with van der Waals surface area (Å²) >= 11 is 0. The van der Waals surface area contributed by atoms with Gasteiger partial charge in [0.15, 0.2) is 0 Å². The van der Waals surface area contributed by atoms with E-state index in [0.717, 1.165) is 62.5 Å². The number of nitrogens with one attached hydrogen (secondary N) is 2. The average molecular weight is 383 g/mol. The third kappa shape index (κ3) is 6.18. The van der Waals surface area contributed by atoms with Gasteiger partial charge >= 0.3 is 0 Å². The molecule has 0 saturated carbocycles. The fraction of sp³-hybridized carbons (Fsp3) is 0.524. The van der Waals surface area contributed by atoms with Crippen LogP contribution in [-0.2, 0) is 11.3 Å². The third-order valence-corrected chi connectivity index (χ3v) is 5.14. The smallest absolute Gasteiger partial charge is 0.220 e. The van der Waals surface area contributed by atoms with Crippen molar-refractivity contribution in [2.75, 3.05) is 29.9 Å². The van der Waals surface area contributed by atoms with E-state index >= 15 is 0 Å². The number of nitrogens with zero attached hydrogens (tertiary/aromatic N) is 4. The highest BCUT2D eigenvalue weighted by Gasteiger charge is 2.21. The molecule has 0 unspecified atom stereocenters. The summed E-state index contributed by atoms with van der Waals surface area (Å²) in [4.78, 5) is 27.2. The van der Waals surface area contributed by atoms with Crippen molar-refractivity contribution < 1.29 is 4.79 Å². The quantitative estimate of drug-likeness (QED) is 0.694. The Balaban J connectivity index is 1.37. The first-order chi connectivity index (χ1) is 13.7. The van der Waals surface area contributed by atoms with Crippen molar-refractivity contribution in [3.05, 3.63) is 42.5 Å². The van der Waals surface area contributed by atoms with Gasteiger partial charge in [0.1, 0.15) is 18.0 Å². The lowest BCUT2D eigenvalue weighted by Crippen LogP contribution is -2.34. The molecule has 7 heteroatoms. The van der Waals surface area contributed by atoms with E-state index < -0.39 is 0 Å². The van der Waals surface area contributed by atoms with Gasteiger partial charge in [-0.05, 0) is 43.2 Å². The van der Waals surface area contributed by atoms with E-state index in [4.69, 9.17) is 0 Å².